The largest absolute Gasteiger partial charge is 0.310 e. The highest BCUT2D eigenvalue weighted by atomic mass is 35.5. The van der Waals surface area contributed by atoms with Crippen LogP contribution in [0, 0.1) is 6.92 Å². The molecule has 5 heteroatoms. The van der Waals surface area contributed by atoms with Crippen molar-refractivity contribution in [3.8, 4) is 0 Å². The van der Waals surface area contributed by atoms with Crippen molar-refractivity contribution < 1.29 is 0 Å². The van der Waals surface area contributed by atoms with Crippen molar-refractivity contribution in [2.45, 2.75) is 32.7 Å². The molecule has 0 bridgehead atoms. The molecule has 2 aromatic rings. The van der Waals surface area contributed by atoms with E-state index in [1.54, 1.807) is 0 Å². The Bertz CT molecular complexity index is 608. The molecule has 1 aromatic carbocycles. The first-order valence-corrected chi connectivity index (χ1v) is 7.94. The molecule has 0 aliphatic rings. The monoisotopic (exact) mass is 325 g/mol. The zero-order valence-electron chi connectivity index (χ0n) is 12.7. The zero-order chi connectivity index (χ0) is 15.4. The van der Waals surface area contributed by atoms with E-state index < -0.39 is 0 Å². The van der Waals surface area contributed by atoms with E-state index in [4.69, 9.17) is 23.2 Å². The quantitative estimate of drug-likeness (QED) is 0.857. The topological polar surface area (TPSA) is 29.9 Å². The molecule has 114 valence electrons. The minimum Gasteiger partial charge on any atom is -0.310 e. The molecule has 0 saturated heterocycles. The summed E-state index contributed by atoms with van der Waals surface area (Å²) in [5, 5.41) is 9.49. The second-order valence-corrected chi connectivity index (χ2v) is 6.13. The molecule has 0 aliphatic heterocycles. The second kappa shape index (κ2) is 7.30. The van der Waals surface area contributed by atoms with Crippen LogP contribution in [0.3, 0.4) is 0 Å². The van der Waals surface area contributed by atoms with E-state index in [0.29, 0.717) is 5.02 Å². The fourth-order valence-corrected chi connectivity index (χ4v) is 2.88. The van der Waals surface area contributed by atoms with Crippen molar-refractivity contribution in [2.24, 2.45) is 7.05 Å². The van der Waals surface area contributed by atoms with Crippen molar-refractivity contribution in [1.29, 1.82) is 0 Å². The van der Waals surface area contributed by atoms with Gasteiger partial charge in [0, 0.05) is 34.9 Å². The fraction of sp³-hybridized carbons (Fsp3) is 0.438. The van der Waals surface area contributed by atoms with Gasteiger partial charge in [0.15, 0.2) is 0 Å². The first-order valence-electron chi connectivity index (χ1n) is 7.18. The van der Waals surface area contributed by atoms with Crippen LogP contribution in [-0.4, -0.2) is 16.3 Å². The molecule has 1 heterocycles. The highest BCUT2D eigenvalue weighted by Gasteiger charge is 2.18. The van der Waals surface area contributed by atoms with E-state index >= 15 is 0 Å². The van der Waals surface area contributed by atoms with E-state index in [1.807, 2.05) is 36.9 Å². The molecule has 2 rings (SSSR count). The Morgan fingerprint density at radius 2 is 2.10 bits per heavy atom. The highest BCUT2D eigenvalue weighted by molar-refractivity contribution is 6.33. The Labute approximate surface area is 136 Å². The summed E-state index contributed by atoms with van der Waals surface area (Å²) in [6.07, 6.45) is 3.95. The summed E-state index contributed by atoms with van der Waals surface area (Å²) in [7, 11) is 1.94. The number of aryl methyl sites for hydroxylation is 2. The predicted molar refractivity (Wildman–Crippen MR) is 89.1 cm³/mol. The van der Waals surface area contributed by atoms with Gasteiger partial charge < -0.3 is 5.32 Å². The zero-order valence-corrected chi connectivity index (χ0v) is 14.2. The van der Waals surface area contributed by atoms with Crippen LogP contribution in [-0.2, 0) is 13.5 Å². The predicted octanol–water partition coefficient (Wildman–Crippen LogP) is 4.32. The maximum absolute atomic E-state index is 6.30. The number of hydrogen-bond donors (Lipinski definition) is 1. The fourth-order valence-electron chi connectivity index (χ4n) is 2.49. The average molecular weight is 326 g/mol. The molecule has 21 heavy (non-hydrogen) atoms. The van der Waals surface area contributed by atoms with Gasteiger partial charge in [0.1, 0.15) is 0 Å². The lowest BCUT2D eigenvalue weighted by Crippen LogP contribution is -2.24. The summed E-state index contributed by atoms with van der Waals surface area (Å²) in [6, 6.07) is 5.80. The standard InChI is InChI=1S/C16H21Cl2N3/c1-4-7-19-16(14-10-21(3)20-11(14)2)9-12-8-13(17)5-6-15(12)18/h5-6,8,10,16,19H,4,7,9H2,1-3H3. The van der Waals surface area contributed by atoms with E-state index in [2.05, 4.69) is 23.5 Å². The van der Waals surface area contributed by atoms with Gasteiger partial charge in [-0.3, -0.25) is 4.68 Å². The number of hydrogen-bond acceptors (Lipinski definition) is 2. The normalized spacial score (nSPS) is 12.6. The third kappa shape index (κ3) is 4.22. The molecule has 3 nitrogen and oxygen atoms in total. The SMILES string of the molecule is CCCNC(Cc1cc(Cl)ccc1Cl)c1cn(C)nc1C. The number of halogens is 2. The minimum absolute atomic E-state index is 0.189. The summed E-state index contributed by atoms with van der Waals surface area (Å²) in [6.45, 7) is 5.15. The van der Waals surface area contributed by atoms with Crippen molar-refractivity contribution >= 4 is 23.2 Å². The van der Waals surface area contributed by atoms with E-state index in [-0.39, 0.29) is 6.04 Å². The number of aromatic nitrogens is 2. The molecule has 0 spiro atoms. The van der Waals surface area contributed by atoms with Crippen LogP contribution in [0.2, 0.25) is 10.0 Å². The summed E-state index contributed by atoms with van der Waals surface area (Å²) in [5.74, 6) is 0. The molecule has 0 radical (unpaired) electrons. The Morgan fingerprint density at radius 1 is 1.33 bits per heavy atom. The number of nitrogens with zero attached hydrogens (tertiary/aromatic N) is 2. The average Bonchev–Trinajstić information content (AvgIpc) is 2.77. The molecule has 0 amide bonds. The van der Waals surface area contributed by atoms with Crippen molar-refractivity contribution in [3.05, 3.63) is 51.3 Å². The molecule has 1 N–H and O–H groups in total. The Kier molecular flexibility index (Phi) is 5.68. The summed E-state index contributed by atoms with van der Waals surface area (Å²) >= 11 is 12.4. The van der Waals surface area contributed by atoms with Crippen LogP contribution in [0.15, 0.2) is 24.4 Å². The van der Waals surface area contributed by atoms with Gasteiger partial charge in [0.25, 0.3) is 0 Å². The van der Waals surface area contributed by atoms with E-state index in [9.17, 15) is 0 Å². The molecule has 1 atom stereocenters. The molecule has 0 saturated carbocycles. The van der Waals surface area contributed by atoms with E-state index in [1.165, 1.54) is 5.56 Å². The van der Waals surface area contributed by atoms with Gasteiger partial charge >= 0.3 is 0 Å². The van der Waals surface area contributed by atoms with Crippen molar-refractivity contribution in [2.75, 3.05) is 6.54 Å². The lowest BCUT2D eigenvalue weighted by atomic mass is 9.99. The second-order valence-electron chi connectivity index (χ2n) is 5.29. The Balaban J connectivity index is 2.28. The van der Waals surface area contributed by atoms with Crippen LogP contribution in [0.25, 0.3) is 0 Å². The summed E-state index contributed by atoms with van der Waals surface area (Å²) < 4.78 is 1.85. The maximum Gasteiger partial charge on any atom is 0.0641 e. The third-order valence-electron chi connectivity index (χ3n) is 3.50. The molecule has 0 fully saturated rings. The Hall–Kier alpha value is -1.03. The van der Waals surface area contributed by atoms with E-state index in [0.717, 1.165) is 35.7 Å². The highest BCUT2D eigenvalue weighted by Crippen LogP contribution is 2.27. The lowest BCUT2D eigenvalue weighted by Gasteiger charge is -2.19. The van der Waals surface area contributed by atoms with Gasteiger partial charge in [0.05, 0.1) is 5.69 Å². The van der Waals surface area contributed by atoms with Crippen LogP contribution in [0.5, 0.6) is 0 Å². The van der Waals surface area contributed by atoms with Gasteiger partial charge in [0.2, 0.25) is 0 Å². The minimum atomic E-state index is 0.189. The first-order chi connectivity index (χ1) is 10.0. The van der Waals surface area contributed by atoms with Crippen LogP contribution < -0.4 is 5.32 Å². The van der Waals surface area contributed by atoms with Gasteiger partial charge in [-0.25, -0.2) is 0 Å². The lowest BCUT2D eigenvalue weighted by molar-refractivity contribution is 0.527. The van der Waals surface area contributed by atoms with Gasteiger partial charge in [-0.15, -0.1) is 0 Å². The number of nitrogens with one attached hydrogen (secondary N) is 1. The van der Waals surface area contributed by atoms with Gasteiger partial charge in [-0.05, 0) is 50.1 Å². The van der Waals surface area contributed by atoms with Crippen LogP contribution in [0.4, 0.5) is 0 Å². The number of benzene rings is 1. The molecule has 0 aliphatic carbocycles. The summed E-state index contributed by atoms with van der Waals surface area (Å²) in [5.41, 5.74) is 3.31. The molecular weight excluding hydrogens is 305 g/mol. The third-order valence-corrected chi connectivity index (χ3v) is 4.10. The van der Waals surface area contributed by atoms with Crippen molar-refractivity contribution in [1.82, 2.24) is 15.1 Å². The molecule has 1 aromatic heterocycles. The Morgan fingerprint density at radius 3 is 2.71 bits per heavy atom. The van der Waals surface area contributed by atoms with Gasteiger partial charge in [-0.2, -0.15) is 5.10 Å². The molecular formula is C16H21Cl2N3. The van der Waals surface area contributed by atoms with Crippen molar-refractivity contribution in [3.63, 3.8) is 0 Å². The van der Waals surface area contributed by atoms with Crippen LogP contribution >= 0.6 is 23.2 Å². The first kappa shape index (κ1) is 16.3. The van der Waals surface area contributed by atoms with Gasteiger partial charge in [-0.1, -0.05) is 30.1 Å². The van der Waals surface area contributed by atoms with Crippen LogP contribution in [0.1, 0.15) is 36.2 Å². The molecule has 1 unspecified atom stereocenters. The smallest absolute Gasteiger partial charge is 0.0641 e. The summed E-state index contributed by atoms with van der Waals surface area (Å²) in [4.78, 5) is 0. The maximum atomic E-state index is 6.30. The number of rotatable bonds is 6.